The van der Waals surface area contributed by atoms with Crippen LogP contribution < -0.4 is 5.32 Å². The van der Waals surface area contributed by atoms with E-state index in [1.165, 1.54) is 20.8 Å². The molecule has 10 nitrogen and oxygen atoms in total. The van der Waals surface area contributed by atoms with Crippen molar-refractivity contribution in [3.8, 4) is 0 Å². The molecule has 2 aliphatic rings. The molecule has 0 aromatic rings. The van der Waals surface area contributed by atoms with Gasteiger partial charge in [-0.15, -0.1) is 0 Å². The van der Waals surface area contributed by atoms with E-state index in [2.05, 4.69) is 15.3 Å². The molecule has 2 fully saturated rings. The highest BCUT2D eigenvalue weighted by Crippen LogP contribution is 2.68. The number of halogens is 1. The Hall–Kier alpha value is -2.55. The van der Waals surface area contributed by atoms with Gasteiger partial charge in [-0.05, 0) is 32.7 Å². The van der Waals surface area contributed by atoms with Crippen LogP contribution in [0.4, 0.5) is 9.18 Å². The number of nitrogens with one attached hydrogen (secondary N) is 1. The molecule has 0 aromatic heterocycles. The lowest BCUT2D eigenvalue weighted by Gasteiger charge is -2.34. The van der Waals surface area contributed by atoms with Crippen molar-refractivity contribution in [1.29, 1.82) is 0 Å². The number of carbonyl (C=O) groups excluding carboxylic acids is 1. The number of fused-ring (bicyclic) bond motifs is 1. The van der Waals surface area contributed by atoms with E-state index in [0.717, 1.165) is 0 Å². The molecule has 0 aromatic carbocycles. The highest BCUT2D eigenvalue weighted by Gasteiger charge is 2.86. The van der Waals surface area contributed by atoms with E-state index >= 15 is 0 Å². The minimum Gasteiger partial charge on any atom is -0.479 e. The quantitative estimate of drug-likeness (QED) is 0.397. The van der Waals surface area contributed by atoms with E-state index in [4.69, 9.17) is 15.4 Å². The van der Waals surface area contributed by atoms with E-state index < -0.39 is 52.7 Å². The van der Waals surface area contributed by atoms with Gasteiger partial charge in [-0.1, -0.05) is 5.11 Å². The van der Waals surface area contributed by atoms with Crippen molar-refractivity contribution in [3.63, 3.8) is 0 Å². The first-order valence-corrected chi connectivity index (χ1v) is 7.12. The molecule has 0 heterocycles. The van der Waals surface area contributed by atoms with Gasteiger partial charge in [0, 0.05) is 16.7 Å². The average Bonchev–Trinajstić information content (AvgIpc) is 2.84. The number of amides is 1. The van der Waals surface area contributed by atoms with Crippen molar-refractivity contribution in [3.05, 3.63) is 10.4 Å². The van der Waals surface area contributed by atoms with E-state index in [9.17, 15) is 23.9 Å². The summed E-state index contributed by atoms with van der Waals surface area (Å²) < 4.78 is 19.6. The summed E-state index contributed by atoms with van der Waals surface area (Å²) in [5.74, 6) is -6.22. The van der Waals surface area contributed by atoms with Crippen LogP contribution in [0.15, 0.2) is 5.11 Å². The first-order valence-electron chi connectivity index (χ1n) is 7.12. The summed E-state index contributed by atoms with van der Waals surface area (Å²) in [6.45, 7) is 4.61. The van der Waals surface area contributed by atoms with Gasteiger partial charge in [-0.25, -0.2) is 18.8 Å². The number of hydrogen-bond acceptors (Lipinski definition) is 5. The fraction of sp³-hybridized carbons (Fsp3) is 0.769. The number of carbonyl (C=O) groups is 3. The van der Waals surface area contributed by atoms with Gasteiger partial charge >= 0.3 is 18.0 Å². The third-order valence-corrected chi connectivity index (χ3v) is 4.36. The number of alkyl carbamates (subject to hydrolysis) is 1. The Labute approximate surface area is 135 Å². The molecule has 24 heavy (non-hydrogen) atoms. The number of azide groups is 1. The Bertz CT molecular complexity index is 657. The van der Waals surface area contributed by atoms with Gasteiger partial charge in [-0.3, -0.25) is 0 Å². The molecule has 132 valence electrons. The number of carboxylic acids is 2. The smallest absolute Gasteiger partial charge is 0.408 e. The minimum absolute atomic E-state index is 0.306. The van der Waals surface area contributed by atoms with E-state index in [1.807, 2.05) is 0 Å². The molecular formula is C13H17FN4O6. The van der Waals surface area contributed by atoms with Gasteiger partial charge in [-0.2, -0.15) is 0 Å². The van der Waals surface area contributed by atoms with E-state index in [1.54, 1.807) is 0 Å². The lowest BCUT2D eigenvalue weighted by molar-refractivity contribution is -0.151. The second kappa shape index (κ2) is 5.23. The van der Waals surface area contributed by atoms with Crippen LogP contribution >= 0.6 is 0 Å². The van der Waals surface area contributed by atoms with Crippen LogP contribution in [-0.2, 0) is 14.3 Å². The molecule has 0 bridgehead atoms. The minimum atomic E-state index is -2.80. The summed E-state index contributed by atoms with van der Waals surface area (Å²) in [5, 5.41) is 24.0. The molecule has 11 heteroatoms. The molecule has 2 rings (SSSR count). The lowest BCUT2D eigenvalue weighted by Crippen LogP contribution is -2.63. The maximum atomic E-state index is 14.6. The summed E-state index contributed by atoms with van der Waals surface area (Å²) in [4.78, 5) is 37.6. The highest BCUT2D eigenvalue weighted by atomic mass is 19.1. The molecule has 3 N–H and O–H groups in total. The average molecular weight is 344 g/mol. The van der Waals surface area contributed by atoms with Crippen molar-refractivity contribution < 1.29 is 33.7 Å². The topological polar surface area (TPSA) is 162 Å². The van der Waals surface area contributed by atoms with Crippen LogP contribution in [-0.4, -0.2) is 51.1 Å². The number of ether oxygens (including phenoxy) is 1. The van der Waals surface area contributed by atoms with Crippen molar-refractivity contribution in [2.75, 3.05) is 0 Å². The Morgan fingerprint density at radius 1 is 1.33 bits per heavy atom. The first kappa shape index (κ1) is 17.8. The fourth-order valence-corrected chi connectivity index (χ4v) is 3.47. The second-order valence-electron chi connectivity index (χ2n) is 6.91. The van der Waals surface area contributed by atoms with Crippen LogP contribution in [0.5, 0.6) is 0 Å². The van der Waals surface area contributed by atoms with Crippen LogP contribution in [0.3, 0.4) is 0 Å². The molecule has 5 atom stereocenters. The van der Waals surface area contributed by atoms with E-state index in [0.29, 0.717) is 0 Å². The summed E-state index contributed by atoms with van der Waals surface area (Å²) >= 11 is 0. The molecule has 2 saturated carbocycles. The number of hydrogen-bond donors (Lipinski definition) is 3. The second-order valence-corrected chi connectivity index (χ2v) is 6.91. The van der Waals surface area contributed by atoms with Gasteiger partial charge in [0.1, 0.15) is 5.60 Å². The Kier molecular flexibility index (Phi) is 3.88. The molecule has 0 spiro atoms. The monoisotopic (exact) mass is 344 g/mol. The van der Waals surface area contributed by atoms with Crippen molar-refractivity contribution in [1.82, 2.24) is 5.32 Å². The number of alkyl halides is 1. The maximum absolute atomic E-state index is 14.6. The number of carboxylic acid groups (broad SMARTS) is 2. The number of rotatable bonds is 4. The normalized spacial score (nSPS) is 36.9. The van der Waals surface area contributed by atoms with Gasteiger partial charge in [0.15, 0.2) is 5.54 Å². The summed E-state index contributed by atoms with van der Waals surface area (Å²) in [7, 11) is 0. The number of aliphatic carboxylic acids is 2. The van der Waals surface area contributed by atoms with Gasteiger partial charge in [0.25, 0.3) is 0 Å². The fourth-order valence-electron chi connectivity index (χ4n) is 3.47. The molecule has 2 aliphatic carbocycles. The third kappa shape index (κ3) is 2.41. The van der Waals surface area contributed by atoms with Crippen LogP contribution in [0.25, 0.3) is 10.4 Å². The van der Waals surface area contributed by atoms with E-state index in [-0.39, 0.29) is 6.42 Å². The Balaban J connectivity index is 2.43. The summed E-state index contributed by atoms with van der Waals surface area (Å²) in [5.41, 5.74) is 2.47. The van der Waals surface area contributed by atoms with Crippen molar-refractivity contribution in [2.45, 2.75) is 50.0 Å². The number of nitrogens with zero attached hydrogens (tertiary/aromatic N) is 3. The first-order chi connectivity index (χ1) is 10.9. The molecule has 0 radical (unpaired) electrons. The molecule has 1 amide bonds. The SMILES string of the molecule is CC(C)(C)OC(=O)N[C@@]1(C(=O)O)[C@H](N=[N+]=[N-])C[C@@H]2[C@H]1[C@@]2(F)C(=O)O. The molecule has 0 saturated heterocycles. The van der Waals surface area contributed by atoms with Gasteiger partial charge in [0.2, 0.25) is 5.67 Å². The Morgan fingerprint density at radius 3 is 2.33 bits per heavy atom. The largest absolute Gasteiger partial charge is 0.479 e. The van der Waals surface area contributed by atoms with Crippen LogP contribution in [0.2, 0.25) is 0 Å². The predicted octanol–water partition coefficient (Wildman–Crippen LogP) is 1.46. The maximum Gasteiger partial charge on any atom is 0.408 e. The van der Waals surface area contributed by atoms with Crippen molar-refractivity contribution in [2.24, 2.45) is 17.0 Å². The van der Waals surface area contributed by atoms with Gasteiger partial charge < -0.3 is 20.3 Å². The zero-order chi connectivity index (χ0) is 18.5. The van der Waals surface area contributed by atoms with Crippen molar-refractivity contribution >= 4 is 18.0 Å². The highest BCUT2D eigenvalue weighted by molar-refractivity contribution is 5.93. The Morgan fingerprint density at radius 2 is 1.92 bits per heavy atom. The zero-order valence-corrected chi connectivity index (χ0v) is 13.2. The lowest BCUT2D eigenvalue weighted by atomic mass is 9.85. The third-order valence-electron chi connectivity index (χ3n) is 4.36. The molecular weight excluding hydrogens is 327 g/mol. The van der Waals surface area contributed by atoms with Crippen LogP contribution in [0, 0.1) is 11.8 Å². The van der Waals surface area contributed by atoms with Gasteiger partial charge in [0.05, 0.1) is 6.04 Å². The van der Waals surface area contributed by atoms with Crippen LogP contribution in [0.1, 0.15) is 27.2 Å². The standard InChI is InChI=1S/C13H17FN4O6/c1-11(2,3)24-10(23)16-13(9(21)22)6(17-18-15)4-5-7(13)12(5,14)8(19)20/h5-7H,4H2,1-3H3,(H,16,23)(H,19,20)(H,21,22)/t5-,6-,7+,12-,13+/m1/s1. The molecule has 0 unspecified atom stereocenters. The summed E-state index contributed by atoms with van der Waals surface area (Å²) in [6.07, 6.45) is -1.47. The molecule has 0 aliphatic heterocycles. The zero-order valence-electron chi connectivity index (χ0n) is 13.2. The predicted molar refractivity (Wildman–Crippen MR) is 75.7 cm³/mol. The summed E-state index contributed by atoms with van der Waals surface area (Å²) in [6, 6.07) is -1.33.